The molecule has 2 atom stereocenters. The van der Waals surface area contributed by atoms with Gasteiger partial charge in [-0.25, -0.2) is 19.2 Å². The molecule has 0 aromatic heterocycles. The standard InChI is InChI=1S/C34H44N4O9/c1-32(2,3)47-29(41)36-23-33(17-11-19-37(33)30(42)45-21-25-13-7-5-8-14-25)27(39)35-24-34(28(40)44-4)18-12-20-38(34)31(43)46-22-26-15-9-6-10-16-26/h5-10,13-16H,11-12,17-24H2,1-4H3,(H,35,39)(H,36,41)/t33-,34-/m0/s1. The number of benzene rings is 2. The number of nitrogens with zero attached hydrogens (tertiary/aromatic N) is 2. The number of likely N-dealkylation sites (tertiary alicyclic amines) is 2. The molecule has 2 N–H and O–H groups in total. The maximum atomic E-state index is 14.2. The van der Waals surface area contributed by atoms with Crippen molar-refractivity contribution in [3.63, 3.8) is 0 Å². The fraction of sp³-hybridized carbons (Fsp3) is 0.500. The van der Waals surface area contributed by atoms with Crippen LogP contribution in [0.2, 0.25) is 0 Å². The molecule has 13 heteroatoms. The van der Waals surface area contributed by atoms with E-state index in [1.54, 1.807) is 20.8 Å². The van der Waals surface area contributed by atoms with Crippen molar-refractivity contribution in [2.24, 2.45) is 0 Å². The van der Waals surface area contributed by atoms with Gasteiger partial charge in [-0.05, 0) is 57.6 Å². The number of hydrogen-bond acceptors (Lipinski definition) is 9. The maximum Gasteiger partial charge on any atom is 0.411 e. The number of amides is 4. The molecule has 2 aliphatic heterocycles. The molecule has 2 aliphatic rings. The minimum Gasteiger partial charge on any atom is -0.467 e. The van der Waals surface area contributed by atoms with E-state index in [2.05, 4.69) is 10.6 Å². The van der Waals surface area contributed by atoms with E-state index in [0.717, 1.165) is 11.1 Å². The SMILES string of the molecule is COC(=O)[C@@]1(CNC(=O)[C@@]2(CNC(=O)OC(C)(C)C)CCCN2C(=O)OCc2ccccc2)CCCN1C(=O)OCc1ccccc1. The van der Waals surface area contributed by atoms with Gasteiger partial charge in [0.2, 0.25) is 5.91 Å². The minimum atomic E-state index is -1.57. The molecular formula is C34H44N4O9. The van der Waals surface area contributed by atoms with E-state index in [-0.39, 0.29) is 52.2 Å². The van der Waals surface area contributed by atoms with E-state index in [1.165, 1.54) is 16.9 Å². The number of methoxy groups -OCH3 is 1. The summed E-state index contributed by atoms with van der Waals surface area (Å²) in [4.78, 5) is 69.5. The number of alkyl carbamates (subject to hydrolysis) is 1. The number of ether oxygens (including phenoxy) is 4. The van der Waals surface area contributed by atoms with Crippen LogP contribution in [0.4, 0.5) is 14.4 Å². The first-order valence-corrected chi connectivity index (χ1v) is 15.7. The normalized spacial score (nSPS) is 20.7. The van der Waals surface area contributed by atoms with Gasteiger partial charge in [-0.3, -0.25) is 14.6 Å². The van der Waals surface area contributed by atoms with Crippen LogP contribution in [0, 0.1) is 0 Å². The fourth-order valence-corrected chi connectivity index (χ4v) is 5.97. The zero-order valence-corrected chi connectivity index (χ0v) is 27.4. The van der Waals surface area contributed by atoms with Crippen molar-refractivity contribution < 1.29 is 42.9 Å². The molecule has 4 amide bonds. The minimum absolute atomic E-state index is 0.000710. The summed E-state index contributed by atoms with van der Waals surface area (Å²) in [6.07, 6.45) is -0.890. The van der Waals surface area contributed by atoms with Gasteiger partial charge in [-0.15, -0.1) is 0 Å². The highest BCUT2D eigenvalue weighted by molar-refractivity contribution is 5.93. The third kappa shape index (κ3) is 8.52. The quantitative estimate of drug-likeness (QED) is 0.285. The summed E-state index contributed by atoms with van der Waals surface area (Å²) in [5.74, 6) is -1.34. The van der Waals surface area contributed by atoms with Crippen molar-refractivity contribution in [1.29, 1.82) is 0 Å². The van der Waals surface area contributed by atoms with Crippen LogP contribution in [0.1, 0.15) is 57.6 Å². The van der Waals surface area contributed by atoms with Crippen molar-refractivity contribution >= 4 is 30.2 Å². The Morgan fingerprint density at radius 1 is 0.723 bits per heavy atom. The number of carbonyl (C=O) groups is 5. The number of carbonyl (C=O) groups excluding carboxylic acids is 5. The third-order valence-corrected chi connectivity index (χ3v) is 8.28. The van der Waals surface area contributed by atoms with Crippen LogP contribution in [0.25, 0.3) is 0 Å². The number of nitrogens with one attached hydrogen (secondary N) is 2. The van der Waals surface area contributed by atoms with Gasteiger partial charge >= 0.3 is 24.2 Å². The van der Waals surface area contributed by atoms with Crippen molar-refractivity contribution in [3.8, 4) is 0 Å². The highest BCUT2D eigenvalue weighted by Gasteiger charge is 2.55. The van der Waals surface area contributed by atoms with E-state index >= 15 is 0 Å². The molecule has 2 saturated heterocycles. The summed E-state index contributed by atoms with van der Waals surface area (Å²) in [6, 6.07) is 18.2. The highest BCUT2D eigenvalue weighted by atomic mass is 16.6. The van der Waals surface area contributed by atoms with Crippen LogP contribution >= 0.6 is 0 Å². The monoisotopic (exact) mass is 652 g/mol. The summed E-state index contributed by atoms with van der Waals surface area (Å²) in [6.45, 7) is 4.94. The Morgan fingerprint density at radius 2 is 1.19 bits per heavy atom. The molecular weight excluding hydrogens is 608 g/mol. The second-order valence-electron chi connectivity index (χ2n) is 12.7. The summed E-state index contributed by atoms with van der Waals surface area (Å²) < 4.78 is 21.6. The van der Waals surface area contributed by atoms with Crippen LogP contribution in [0.15, 0.2) is 60.7 Å². The first-order valence-electron chi connectivity index (χ1n) is 15.7. The molecule has 0 spiro atoms. The summed E-state index contributed by atoms with van der Waals surface area (Å²) >= 11 is 0. The molecule has 2 heterocycles. The average molecular weight is 653 g/mol. The number of esters is 1. The lowest BCUT2D eigenvalue weighted by molar-refractivity contribution is -0.153. The van der Waals surface area contributed by atoms with E-state index in [1.807, 2.05) is 60.7 Å². The first kappa shape index (κ1) is 35.1. The Balaban J connectivity index is 1.54. The molecule has 2 aromatic rings. The molecule has 13 nitrogen and oxygen atoms in total. The fourth-order valence-electron chi connectivity index (χ4n) is 5.97. The van der Waals surface area contributed by atoms with Gasteiger partial charge in [0, 0.05) is 13.1 Å². The van der Waals surface area contributed by atoms with Gasteiger partial charge in [0.15, 0.2) is 5.54 Å². The predicted molar refractivity (Wildman–Crippen MR) is 170 cm³/mol. The summed E-state index contributed by atoms with van der Waals surface area (Å²) in [7, 11) is 1.21. The Kier molecular flexibility index (Phi) is 11.3. The zero-order valence-electron chi connectivity index (χ0n) is 27.4. The van der Waals surface area contributed by atoms with Crippen molar-refractivity contribution in [1.82, 2.24) is 20.4 Å². The van der Waals surface area contributed by atoms with Crippen molar-refractivity contribution in [3.05, 3.63) is 71.8 Å². The van der Waals surface area contributed by atoms with Crippen LogP contribution in [0.3, 0.4) is 0 Å². The van der Waals surface area contributed by atoms with E-state index in [0.29, 0.717) is 12.8 Å². The Bertz CT molecular complexity index is 1420. The molecule has 47 heavy (non-hydrogen) atoms. The van der Waals surface area contributed by atoms with Crippen molar-refractivity contribution in [2.45, 2.75) is 76.3 Å². The molecule has 0 aliphatic carbocycles. The number of rotatable bonds is 10. The Hall–Kier alpha value is -4.81. The van der Waals surface area contributed by atoms with Gasteiger partial charge < -0.3 is 29.6 Å². The Labute approximate surface area is 274 Å². The third-order valence-electron chi connectivity index (χ3n) is 8.28. The molecule has 0 unspecified atom stereocenters. The lowest BCUT2D eigenvalue weighted by Gasteiger charge is -2.39. The maximum absolute atomic E-state index is 14.2. The molecule has 2 aromatic carbocycles. The lowest BCUT2D eigenvalue weighted by atomic mass is 9.92. The van der Waals surface area contributed by atoms with E-state index < -0.39 is 46.8 Å². The molecule has 2 fully saturated rings. The highest BCUT2D eigenvalue weighted by Crippen LogP contribution is 2.34. The van der Waals surface area contributed by atoms with Gasteiger partial charge in [0.1, 0.15) is 24.4 Å². The predicted octanol–water partition coefficient (Wildman–Crippen LogP) is 4.14. The van der Waals surface area contributed by atoms with Gasteiger partial charge in [0.25, 0.3) is 0 Å². The van der Waals surface area contributed by atoms with Crippen LogP contribution < -0.4 is 10.6 Å². The van der Waals surface area contributed by atoms with Crippen LogP contribution in [0.5, 0.6) is 0 Å². The Morgan fingerprint density at radius 3 is 1.68 bits per heavy atom. The summed E-state index contributed by atoms with van der Waals surface area (Å²) in [5.41, 5.74) is -2.37. The summed E-state index contributed by atoms with van der Waals surface area (Å²) in [5, 5.41) is 5.47. The smallest absolute Gasteiger partial charge is 0.411 e. The van der Waals surface area contributed by atoms with Crippen molar-refractivity contribution in [2.75, 3.05) is 33.3 Å². The van der Waals surface area contributed by atoms with E-state index in [9.17, 15) is 24.0 Å². The topological polar surface area (TPSA) is 153 Å². The average Bonchev–Trinajstić information content (AvgIpc) is 3.70. The van der Waals surface area contributed by atoms with Gasteiger partial charge in [0.05, 0.1) is 20.2 Å². The largest absolute Gasteiger partial charge is 0.467 e. The second-order valence-corrected chi connectivity index (χ2v) is 12.7. The molecule has 0 saturated carbocycles. The first-order chi connectivity index (χ1) is 22.4. The van der Waals surface area contributed by atoms with E-state index in [4.69, 9.17) is 18.9 Å². The second kappa shape index (κ2) is 15.2. The molecule has 4 rings (SSSR count). The molecule has 254 valence electrons. The molecule has 0 bridgehead atoms. The van der Waals surface area contributed by atoms with Crippen LogP contribution in [-0.2, 0) is 41.8 Å². The van der Waals surface area contributed by atoms with Gasteiger partial charge in [-0.2, -0.15) is 0 Å². The van der Waals surface area contributed by atoms with Gasteiger partial charge in [-0.1, -0.05) is 60.7 Å². The number of hydrogen-bond donors (Lipinski definition) is 2. The van der Waals surface area contributed by atoms with Crippen LogP contribution in [-0.4, -0.2) is 89.9 Å². The zero-order chi connectivity index (χ0) is 34.1. The molecule has 0 radical (unpaired) electrons. The lowest BCUT2D eigenvalue weighted by Crippen LogP contribution is -2.66.